The van der Waals surface area contributed by atoms with Crippen LogP contribution in [0, 0.1) is 0 Å². The van der Waals surface area contributed by atoms with Crippen LogP contribution in [-0.4, -0.2) is 29.8 Å². The molecule has 0 radical (unpaired) electrons. The van der Waals surface area contributed by atoms with Crippen molar-refractivity contribution < 1.29 is 9.53 Å². The molecule has 0 aliphatic rings. The molecule has 0 aromatic heterocycles. The molecule has 18 heavy (non-hydrogen) atoms. The van der Waals surface area contributed by atoms with Crippen LogP contribution in [0.2, 0.25) is 0 Å². The minimum Gasteiger partial charge on any atom is -0.444 e. The van der Waals surface area contributed by atoms with E-state index in [9.17, 15) is 4.79 Å². The number of hydrogen-bond donors (Lipinski definition) is 2. The van der Waals surface area contributed by atoms with Crippen molar-refractivity contribution in [1.29, 1.82) is 0 Å². The lowest BCUT2D eigenvalue weighted by molar-refractivity contribution is 0.0230. The number of amides is 1. The molecule has 0 fully saturated rings. The Bertz CT molecular complexity index is 278. The summed E-state index contributed by atoms with van der Waals surface area (Å²) in [5, 5.41) is 6.06. The van der Waals surface area contributed by atoms with Crippen molar-refractivity contribution in [2.45, 2.75) is 78.0 Å². The Labute approximate surface area is 112 Å². The van der Waals surface area contributed by atoms with Crippen molar-refractivity contribution >= 4 is 6.09 Å². The van der Waals surface area contributed by atoms with Crippen molar-refractivity contribution in [2.24, 2.45) is 0 Å². The normalized spacial score (nSPS) is 13.3. The molecule has 0 aliphatic heterocycles. The molecule has 108 valence electrons. The van der Waals surface area contributed by atoms with Gasteiger partial charge in [-0.15, -0.1) is 0 Å². The molecule has 0 aromatic rings. The summed E-state index contributed by atoms with van der Waals surface area (Å²) in [5.74, 6) is 0. The van der Waals surface area contributed by atoms with E-state index >= 15 is 0 Å². The largest absolute Gasteiger partial charge is 0.444 e. The van der Waals surface area contributed by atoms with Gasteiger partial charge in [0.2, 0.25) is 0 Å². The van der Waals surface area contributed by atoms with E-state index in [1.54, 1.807) is 0 Å². The summed E-state index contributed by atoms with van der Waals surface area (Å²) >= 11 is 0. The van der Waals surface area contributed by atoms with Gasteiger partial charge in [0, 0.05) is 11.1 Å². The summed E-state index contributed by atoms with van der Waals surface area (Å²) in [6.07, 6.45) is 1.41. The first-order valence-corrected chi connectivity index (χ1v) is 6.57. The summed E-state index contributed by atoms with van der Waals surface area (Å²) in [5.41, 5.74) is -0.665. The van der Waals surface area contributed by atoms with Gasteiger partial charge >= 0.3 is 6.09 Å². The van der Waals surface area contributed by atoms with E-state index in [1.807, 2.05) is 41.7 Å². The topological polar surface area (TPSA) is 50.4 Å². The second kappa shape index (κ2) is 5.91. The molecule has 4 nitrogen and oxygen atoms in total. The average Bonchev–Trinajstić information content (AvgIpc) is 2.11. The average molecular weight is 258 g/mol. The second-order valence-corrected chi connectivity index (χ2v) is 7.16. The van der Waals surface area contributed by atoms with E-state index < -0.39 is 5.60 Å². The van der Waals surface area contributed by atoms with E-state index in [0.29, 0.717) is 0 Å². The summed E-state index contributed by atoms with van der Waals surface area (Å²) < 4.78 is 5.48. The molecule has 0 saturated carbocycles. The van der Waals surface area contributed by atoms with E-state index in [0.717, 1.165) is 12.8 Å². The van der Waals surface area contributed by atoms with E-state index in [-0.39, 0.29) is 17.2 Å². The van der Waals surface area contributed by atoms with Gasteiger partial charge in [-0.3, -0.25) is 0 Å². The van der Waals surface area contributed by atoms with Gasteiger partial charge in [0.1, 0.15) is 5.60 Å². The lowest BCUT2D eigenvalue weighted by Gasteiger charge is -2.32. The van der Waals surface area contributed by atoms with Crippen molar-refractivity contribution in [2.75, 3.05) is 7.05 Å². The molecular weight excluding hydrogens is 228 g/mol. The highest BCUT2D eigenvalue weighted by molar-refractivity contribution is 5.68. The maximum Gasteiger partial charge on any atom is 0.408 e. The van der Waals surface area contributed by atoms with Gasteiger partial charge in [-0.1, -0.05) is 0 Å². The monoisotopic (exact) mass is 258 g/mol. The molecule has 1 amide bonds. The van der Waals surface area contributed by atoms with Crippen LogP contribution in [0.1, 0.15) is 61.3 Å². The molecule has 0 unspecified atom stereocenters. The number of rotatable bonds is 5. The highest BCUT2D eigenvalue weighted by Crippen LogP contribution is 2.22. The van der Waals surface area contributed by atoms with Gasteiger partial charge in [-0.2, -0.15) is 0 Å². The maximum absolute atomic E-state index is 11.7. The Morgan fingerprint density at radius 1 is 1.00 bits per heavy atom. The summed E-state index contributed by atoms with van der Waals surface area (Å²) in [6.45, 7) is 14.0. The van der Waals surface area contributed by atoms with Crippen LogP contribution in [0.15, 0.2) is 0 Å². The van der Waals surface area contributed by atoms with Crippen LogP contribution < -0.4 is 10.6 Å². The first-order chi connectivity index (χ1) is 7.87. The van der Waals surface area contributed by atoms with Crippen LogP contribution in [0.5, 0.6) is 0 Å². The van der Waals surface area contributed by atoms with Crippen molar-refractivity contribution in [3.05, 3.63) is 0 Å². The molecule has 0 rings (SSSR count). The van der Waals surface area contributed by atoms with Gasteiger partial charge in [0.15, 0.2) is 0 Å². The highest BCUT2D eigenvalue weighted by Gasteiger charge is 2.27. The SMILES string of the molecule is CNC(C)(C)CCC(C)(C)OC(=O)NC(C)(C)C. The van der Waals surface area contributed by atoms with Gasteiger partial charge < -0.3 is 15.4 Å². The molecular formula is C14H30N2O2. The number of hydrogen-bond acceptors (Lipinski definition) is 3. The van der Waals surface area contributed by atoms with Crippen molar-refractivity contribution in [1.82, 2.24) is 10.6 Å². The Morgan fingerprint density at radius 3 is 1.89 bits per heavy atom. The van der Waals surface area contributed by atoms with Crippen LogP contribution in [0.25, 0.3) is 0 Å². The zero-order chi connectivity index (χ0) is 14.6. The molecule has 0 heterocycles. The lowest BCUT2D eigenvalue weighted by Crippen LogP contribution is -2.45. The lowest BCUT2D eigenvalue weighted by atomic mass is 9.91. The van der Waals surface area contributed by atoms with E-state index in [1.165, 1.54) is 0 Å². The number of carbonyl (C=O) groups is 1. The minimum atomic E-state index is -0.455. The second-order valence-electron chi connectivity index (χ2n) is 7.16. The first kappa shape index (κ1) is 17.2. The fourth-order valence-corrected chi connectivity index (χ4v) is 1.37. The third-order valence-electron chi connectivity index (χ3n) is 2.87. The summed E-state index contributed by atoms with van der Waals surface area (Å²) in [6, 6.07) is 0. The van der Waals surface area contributed by atoms with Gasteiger partial charge in [0.05, 0.1) is 0 Å². The molecule has 4 heteroatoms. The molecule has 0 spiro atoms. The fraction of sp³-hybridized carbons (Fsp3) is 0.929. The Morgan fingerprint density at radius 2 is 1.50 bits per heavy atom. The molecule has 0 aromatic carbocycles. The molecule has 0 aliphatic carbocycles. The predicted molar refractivity (Wildman–Crippen MR) is 75.8 cm³/mol. The molecule has 0 bridgehead atoms. The molecule has 2 N–H and O–H groups in total. The maximum atomic E-state index is 11.7. The summed E-state index contributed by atoms with van der Waals surface area (Å²) in [4.78, 5) is 11.7. The molecule has 0 atom stereocenters. The van der Waals surface area contributed by atoms with Crippen LogP contribution in [0.3, 0.4) is 0 Å². The van der Waals surface area contributed by atoms with E-state index in [2.05, 4.69) is 24.5 Å². The number of ether oxygens (including phenoxy) is 1. The van der Waals surface area contributed by atoms with E-state index in [4.69, 9.17) is 4.74 Å². The number of nitrogens with one attached hydrogen (secondary N) is 2. The smallest absolute Gasteiger partial charge is 0.408 e. The zero-order valence-corrected chi connectivity index (χ0v) is 13.2. The summed E-state index contributed by atoms with van der Waals surface area (Å²) in [7, 11) is 1.94. The first-order valence-electron chi connectivity index (χ1n) is 6.57. The van der Waals surface area contributed by atoms with Crippen LogP contribution in [0.4, 0.5) is 4.79 Å². The standard InChI is InChI=1S/C14H30N2O2/c1-12(2,3)16-11(17)18-14(6,7)10-9-13(4,5)15-8/h15H,9-10H2,1-8H3,(H,16,17). The van der Waals surface area contributed by atoms with Gasteiger partial charge in [0.25, 0.3) is 0 Å². The Kier molecular flexibility index (Phi) is 5.66. The van der Waals surface area contributed by atoms with Gasteiger partial charge in [-0.25, -0.2) is 4.79 Å². The Hall–Kier alpha value is -0.770. The van der Waals surface area contributed by atoms with Crippen LogP contribution >= 0.6 is 0 Å². The molecule has 0 saturated heterocycles. The Balaban J connectivity index is 4.27. The van der Waals surface area contributed by atoms with Crippen LogP contribution in [-0.2, 0) is 4.74 Å². The number of alkyl carbamates (subject to hydrolysis) is 1. The predicted octanol–water partition coefficient (Wildman–Crippen LogP) is 3.07. The van der Waals surface area contributed by atoms with Gasteiger partial charge in [-0.05, 0) is 68.4 Å². The van der Waals surface area contributed by atoms with Crippen molar-refractivity contribution in [3.63, 3.8) is 0 Å². The van der Waals surface area contributed by atoms with Crippen molar-refractivity contribution in [3.8, 4) is 0 Å². The zero-order valence-electron chi connectivity index (χ0n) is 13.2. The fourth-order valence-electron chi connectivity index (χ4n) is 1.37. The third-order valence-corrected chi connectivity index (χ3v) is 2.87. The number of carbonyl (C=O) groups excluding carboxylic acids is 1. The third kappa shape index (κ3) is 8.34. The minimum absolute atomic E-state index is 0.0567. The quantitative estimate of drug-likeness (QED) is 0.797. The highest BCUT2D eigenvalue weighted by atomic mass is 16.6.